The summed E-state index contributed by atoms with van der Waals surface area (Å²) in [5.74, 6) is 1.11. The Bertz CT molecular complexity index is 883. The molecule has 3 N–H and O–H groups in total. The number of nitrogens with one attached hydrogen (secondary N) is 1. The second-order valence-corrected chi connectivity index (χ2v) is 8.03. The van der Waals surface area contributed by atoms with Gasteiger partial charge in [0.2, 0.25) is 10.0 Å². The number of hydrogen-bond acceptors (Lipinski definition) is 4. The van der Waals surface area contributed by atoms with Crippen molar-refractivity contribution < 1.29 is 13.2 Å². The molecule has 0 saturated carbocycles. The summed E-state index contributed by atoms with van der Waals surface area (Å²) in [6.07, 6.45) is 5.19. The topological polar surface area (TPSA) is 109 Å². The number of amides is 1. The van der Waals surface area contributed by atoms with E-state index in [1.165, 1.54) is 6.07 Å². The van der Waals surface area contributed by atoms with E-state index in [-0.39, 0.29) is 10.8 Å². The average Bonchev–Trinajstić information content (AvgIpc) is 3.10. The number of primary sulfonamides is 1. The number of aryl methyl sites for hydroxylation is 1. The molecule has 1 aromatic carbocycles. The molecule has 1 aliphatic heterocycles. The van der Waals surface area contributed by atoms with E-state index in [0.29, 0.717) is 30.1 Å². The highest BCUT2D eigenvalue weighted by atomic mass is 32.2. The highest BCUT2D eigenvalue weighted by molar-refractivity contribution is 7.89. The van der Waals surface area contributed by atoms with Crippen LogP contribution in [0.2, 0.25) is 0 Å². The molecule has 25 heavy (non-hydrogen) atoms. The number of aromatic amines is 1. The van der Waals surface area contributed by atoms with Gasteiger partial charge in [-0.15, -0.1) is 0 Å². The smallest absolute Gasteiger partial charge is 0.253 e. The summed E-state index contributed by atoms with van der Waals surface area (Å²) in [6, 6.07) is 3.11. The van der Waals surface area contributed by atoms with E-state index in [4.69, 9.17) is 5.14 Å². The number of imidazole rings is 1. The molecular formula is C17H22N4O3S. The Kier molecular flexibility index (Phi) is 4.66. The van der Waals surface area contributed by atoms with Crippen LogP contribution in [0.1, 0.15) is 46.1 Å². The van der Waals surface area contributed by atoms with Crippen molar-refractivity contribution in [3.05, 3.63) is 47.0 Å². The second-order valence-electron chi connectivity index (χ2n) is 6.50. The third-order valence-corrected chi connectivity index (χ3v) is 5.90. The van der Waals surface area contributed by atoms with Crippen LogP contribution in [-0.4, -0.2) is 42.3 Å². The molecule has 1 amide bonds. The number of H-pyrrole nitrogens is 1. The molecule has 2 aromatic rings. The van der Waals surface area contributed by atoms with Crippen LogP contribution in [0.25, 0.3) is 0 Å². The number of carbonyl (C=O) groups is 1. The fourth-order valence-corrected chi connectivity index (χ4v) is 4.16. The van der Waals surface area contributed by atoms with Crippen molar-refractivity contribution in [1.29, 1.82) is 0 Å². The zero-order chi connectivity index (χ0) is 18.2. The largest absolute Gasteiger partial charge is 0.348 e. The standard InChI is InChI=1S/C17H22N4O3S/c1-11-9-14(10-15(12(11)2)25(18,23)24)17(22)21-7-3-13(4-8-21)16-19-5-6-20-16/h5-6,9-10,13H,3-4,7-8H2,1-2H3,(H,19,20)(H2,18,23,24). The Balaban J connectivity index is 1.79. The molecule has 8 heteroatoms. The average molecular weight is 362 g/mol. The van der Waals surface area contributed by atoms with Crippen LogP contribution in [0.4, 0.5) is 0 Å². The molecule has 0 spiro atoms. The zero-order valence-electron chi connectivity index (χ0n) is 14.3. The zero-order valence-corrected chi connectivity index (χ0v) is 15.1. The van der Waals surface area contributed by atoms with Gasteiger partial charge in [-0.3, -0.25) is 4.79 Å². The van der Waals surface area contributed by atoms with Gasteiger partial charge in [0.25, 0.3) is 5.91 Å². The SMILES string of the molecule is Cc1cc(C(=O)N2CCC(c3ncc[nH]3)CC2)cc(S(N)(=O)=O)c1C. The molecular weight excluding hydrogens is 340 g/mol. The maximum Gasteiger partial charge on any atom is 0.253 e. The molecule has 1 aliphatic rings. The van der Waals surface area contributed by atoms with Gasteiger partial charge >= 0.3 is 0 Å². The lowest BCUT2D eigenvalue weighted by atomic mass is 9.95. The monoisotopic (exact) mass is 362 g/mol. The van der Waals surface area contributed by atoms with Gasteiger partial charge in [-0.2, -0.15) is 0 Å². The molecule has 2 heterocycles. The molecule has 1 aromatic heterocycles. The first kappa shape index (κ1) is 17.6. The van der Waals surface area contributed by atoms with E-state index >= 15 is 0 Å². The first-order valence-electron chi connectivity index (χ1n) is 8.20. The minimum absolute atomic E-state index is 0.0151. The van der Waals surface area contributed by atoms with Gasteiger partial charge in [-0.25, -0.2) is 18.5 Å². The molecule has 1 saturated heterocycles. The lowest BCUT2D eigenvalue weighted by Gasteiger charge is -2.31. The lowest BCUT2D eigenvalue weighted by Crippen LogP contribution is -2.38. The fraction of sp³-hybridized carbons (Fsp3) is 0.412. The summed E-state index contributed by atoms with van der Waals surface area (Å²) in [7, 11) is -3.86. The third-order valence-electron chi connectivity index (χ3n) is 4.86. The van der Waals surface area contributed by atoms with Crippen LogP contribution in [0.3, 0.4) is 0 Å². The number of rotatable bonds is 3. The Morgan fingerprint density at radius 3 is 2.52 bits per heavy atom. The number of likely N-dealkylation sites (tertiary alicyclic amines) is 1. The predicted molar refractivity (Wildman–Crippen MR) is 93.8 cm³/mol. The minimum Gasteiger partial charge on any atom is -0.348 e. The van der Waals surface area contributed by atoms with Crippen molar-refractivity contribution in [2.75, 3.05) is 13.1 Å². The number of aromatic nitrogens is 2. The van der Waals surface area contributed by atoms with E-state index in [0.717, 1.165) is 24.2 Å². The minimum atomic E-state index is -3.86. The molecule has 1 fully saturated rings. The van der Waals surface area contributed by atoms with Crippen LogP contribution in [0, 0.1) is 13.8 Å². The van der Waals surface area contributed by atoms with Crippen molar-refractivity contribution in [3.63, 3.8) is 0 Å². The quantitative estimate of drug-likeness (QED) is 0.866. The Morgan fingerprint density at radius 1 is 1.28 bits per heavy atom. The fourth-order valence-electron chi connectivity index (χ4n) is 3.29. The lowest BCUT2D eigenvalue weighted by molar-refractivity contribution is 0.0711. The van der Waals surface area contributed by atoms with Crippen molar-refractivity contribution >= 4 is 15.9 Å². The summed E-state index contributed by atoms with van der Waals surface area (Å²) < 4.78 is 23.5. The number of carbonyl (C=O) groups excluding carboxylic acids is 1. The van der Waals surface area contributed by atoms with Gasteiger partial charge in [-0.1, -0.05) is 0 Å². The third kappa shape index (κ3) is 3.59. The van der Waals surface area contributed by atoms with Gasteiger partial charge in [0.15, 0.2) is 0 Å². The number of sulfonamides is 1. The molecule has 0 atom stereocenters. The van der Waals surface area contributed by atoms with Crippen molar-refractivity contribution in [2.45, 2.75) is 37.5 Å². The first-order chi connectivity index (χ1) is 11.8. The highest BCUT2D eigenvalue weighted by Crippen LogP contribution is 2.27. The van der Waals surface area contributed by atoms with E-state index in [1.807, 2.05) is 0 Å². The predicted octanol–water partition coefficient (Wildman–Crippen LogP) is 1.69. The van der Waals surface area contributed by atoms with E-state index in [1.54, 1.807) is 37.2 Å². The van der Waals surface area contributed by atoms with Crippen molar-refractivity contribution in [3.8, 4) is 0 Å². The summed E-state index contributed by atoms with van der Waals surface area (Å²) in [5.41, 5.74) is 1.68. The van der Waals surface area contributed by atoms with Gasteiger partial charge in [0.05, 0.1) is 4.90 Å². The first-order valence-corrected chi connectivity index (χ1v) is 9.74. The van der Waals surface area contributed by atoms with E-state index < -0.39 is 10.0 Å². The van der Waals surface area contributed by atoms with Crippen molar-refractivity contribution in [2.24, 2.45) is 5.14 Å². The molecule has 0 aliphatic carbocycles. The molecule has 0 bridgehead atoms. The molecule has 0 radical (unpaired) electrons. The molecule has 134 valence electrons. The highest BCUT2D eigenvalue weighted by Gasteiger charge is 2.27. The number of hydrogen-bond donors (Lipinski definition) is 2. The molecule has 7 nitrogen and oxygen atoms in total. The van der Waals surface area contributed by atoms with Crippen LogP contribution in [0.15, 0.2) is 29.4 Å². The Morgan fingerprint density at radius 2 is 1.96 bits per heavy atom. The van der Waals surface area contributed by atoms with Crippen LogP contribution in [-0.2, 0) is 10.0 Å². The van der Waals surface area contributed by atoms with Crippen LogP contribution >= 0.6 is 0 Å². The summed E-state index contributed by atoms with van der Waals surface area (Å²) in [4.78, 5) is 22.0. The maximum atomic E-state index is 12.8. The van der Waals surface area contributed by atoms with Crippen LogP contribution in [0.5, 0.6) is 0 Å². The number of benzene rings is 1. The number of piperidine rings is 1. The molecule has 0 unspecified atom stereocenters. The van der Waals surface area contributed by atoms with E-state index in [9.17, 15) is 13.2 Å². The maximum absolute atomic E-state index is 12.8. The summed E-state index contributed by atoms with van der Waals surface area (Å²) in [5, 5.41) is 5.28. The van der Waals surface area contributed by atoms with Gasteiger partial charge in [-0.05, 0) is 49.9 Å². The summed E-state index contributed by atoms with van der Waals surface area (Å²) in [6.45, 7) is 4.70. The Hall–Kier alpha value is -2.19. The van der Waals surface area contributed by atoms with Gasteiger partial charge in [0.1, 0.15) is 5.82 Å². The van der Waals surface area contributed by atoms with Gasteiger partial charge < -0.3 is 9.88 Å². The van der Waals surface area contributed by atoms with Crippen molar-refractivity contribution in [1.82, 2.24) is 14.9 Å². The van der Waals surface area contributed by atoms with Crippen LogP contribution < -0.4 is 5.14 Å². The van der Waals surface area contributed by atoms with Gasteiger partial charge in [0, 0.05) is 37.0 Å². The summed E-state index contributed by atoms with van der Waals surface area (Å²) >= 11 is 0. The second kappa shape index (κ2) is 6.61. The normalized spacial score (nSPS) is 16.2. The van der Waals surface area contributed by atoms with E-state index in [2.05, 4.69) is 9.97 Å². The number of nitrogens with zero attached hydrogens (tertiary/aromatic N) is 2. The molecule has 3 rings (SSSR count). The number of nitrogens with two attached hydrogens (primary N) is 1. The Labute approximate surface area is 147 Å².